The van der Waals surface area contributed by atoms with Crippen LogP contribution >= 0.6 is 11.3 Å². The summed E-state index contributed by atoms with van der Waals surface area (Å²) in [6.45, 7) is 0.919. The van der Waals surface area contributed by atoms with Crippen molar-refractivity contribution in [2.24, 2.45) is 11.7 Å². The van der Waals surface area contributed by atoms with Gasteiger partial charge in [-0.2, -0.15) is 11.3 Å². The lowest BCUT2D eigenvalue weighted by atomic mass is 9.70. The molecule has 1 aliphatic carbocycles. The van der Waals surface area contributed by atoms with E-state index in [1.807, 2.05) is 0 Å². The van der Waals surface area contributed by atoms with Crippen molar-refractivity contribution in [2.75, 3.05) is 6.61 Å². The molecule has 0 radical (unpaired) electrons. The van der Waals surface area contributed by atoms with Gasteiger partial charge in [0.15, 0.2) is 0 Å². The van der Waals surface area contributed by atoms with E-state index < -0.39 is 0 Å². The van der Waals surface area contributed by atoms with E-state index >= 15 is 0 Å². The van der Waals surface area contributed by atoms with Crippen LogP contribution in [-0.2, 0) is 11.2 Å². The summed E-state index contributed by atoms with van der Waals surface area (Å²) < 4.78 is 5.96. The molecule has 2 aliphatic rings. The van der Waals surface area contributed by atoms with Gasteiger partial charge < -0.3 is 10.5 Å². The molecule has 17 heavy (non-hydrogen) atoms. The molecule has 1 aliphatic heterocycles. The molecular weight excluding hydrogens is 230 g/mol. The third-order valence-corrected chi connectivity index (χ3v) is 5.18. The van der Waals surface area contributed by atoms with Gasteiger partial charge in [-0.25, -0.2) is 0 Å². The Morgan fingerprint density at radius 3 is 3.06 bits per heavy atom. The van der Waals surface area contributed by atoms with E-state index in [4.69, 9.17) is 10.5 Å². The number of hydrogen-bond donors (Lipinski definition) is 1. The Kier molecular flexibility index (Phi) is 3.24. The average Bonchev–Trinajstić information content (AvgIpc) is 2.80. The maximum Gasteiger partial charge on any atom is 0.0685 e. The molecule has 3 rings (SSSR count). The third-order valence-electron chi connectivity index (χ3n) is 4.45. The summed E-state index contributed by atoms with van der Waals surface area (Å²) in [5.41, 5.74) is 8.02. The van der Waals surface area contributed by atoms with Crippen molar-refractivity contribution >= 4 is 11.3 Å². The first-order chi connectivity index (χ1) is 8.27. The summed E-state index contributed by atoms with van der Waals surface area (Å²) in [6.07, 6.45) is 7.23. The van der Waals surface area contributed by atoms with E-state index in [1.54, 1.807) is 11.3 Å². The van der Waals surface area contributed by atoms with Crippen LogP contribution < -0.4 is 5.73 Å². The Hall–Kier alpha value is -0.380. The van der Waals surface area contributed by atoms with Gasteiger partial charge in [-0.15, -0.1) is 0 Å². The highest BCUT2D eigenvalue weighted by Gasteiger charge is 2.43. The number of thiophene rings is 1. The van der Waals surface area contributed by atoms with Gasteiger partial charge in [0.2, 0.25) is 0 Å². The van der Waals surface area contributed by atoms with E-state index in [1.165, 1.54) is 31.2 Å². The van der Waals surface area contributed by atoms with Gasteiger partial charge in [0.05, 0.1) is 5.60 Å². The van der Waals surface area contributed by atoms with E-state index in [2.05, 4.69) is 16.8 Å². The molecule has 2 nitrogen and oxygen atoms in total. The average molecular weight is 251 g/mol. The highest BCUT2D eigenvalue weighted by molar-refractivity contribution is 7.07. The molecule has 2 atom stereocenters. The second kappa shape index (κ2) is 4.71. The smallest absolute Gasteiger partial charge is 0.0685 e. The first kappa shape index (κ1) is 11.7. The SMILES string of the molecule is NC(Cc1ccsc1)C1CCOC2(CCC2)C1. The van der Waals surface area contributed by atoms with Crippen LogP contribution in [0.25, 0.3) is 0 Å². The molecule has 1 aromatic rings. The quantitative estimate of drug-likeness (QED) is 0.896. The summed E-state index contributed by atoms with van der Waals surface area (Å²) in [7, 11) is 0. The molecule has 1 saturated carbocycles. The van der Waals surface area contributed by atoms with Crippen LogP contribution in [0.15, 0.2) is 16.8 Å². The third kappa shape index (κ3) is 2.42. The summed E-state index contributed by atoms with van der Waals surface area (Å²) >= 11 is 1.76. The van der Waals surface area contributed by atoms with E-state index in [0.717, 1.165) is 19.4 Å². The fourth-order valence-electron chi connectivity index (χ4n) is 3.20. The number of nitrogens with two attached hydrogens (primary N) is 1. The highest BCUT2D eigenvalue weighted by atomic mass is 32.1. The van der Waals surface area contributed by atoms with Crippen LogP contribution in [0.4, 0.5) is 0 Å². The van der Waals surface area contributed by atoms with Gasteiger partial charge in [0.1, 0.15) is 0 Å². The van der Waals surface area contributed by atoms with Crippen LogP contribution in [0, 0.1) is 5.92 Å². The van der Waals surface area contributed by atoms with Crippen molar-refractivity contribution in [3.63, 3.8) is 0 Å². The normalized spacial score (nSPS) is 28.9. The minimum atomic E-state index is 0.231. The molecule has 2 N–H and O–H groups in total. The minimum absolute atomic E-state index is 0.231. The summed E-state index contributed by atoms with van der Waals surface area (Å²) in [4.78, 5) is 0. The molecule has 0 amide bonds. The Morgan fingerprint density at radius 1 is 1.53 bits per heavy atom. The van der Waals surface area contributed by atoms with Crippen LogP contribution in [0.1, 0.15) is 37.7 Å². The molecule has 94 valence electrons. The fourth-order valence-corrected chi connectivity index (χ4v) is 3.88. The molecule has 2 fully saturated rings. The van der Waals surface area contributed by atoms with Gasteiger partial charge in [-0.3, -0.25) is 0 Å². The van der Waals surface area contributed by atoms with Crippen LogP contribution in [0.2, 0.25) is 0 Å². The van der Waals surface area contributed by atoms with Gasteiger partial charge in [0, 0.05) is 12.6 Å². The lowest BCUT2D eigenvalue weighted by Crippen LogP contribution is -2.49. The molecular formula is C14H21NOS. The first-order valence-corrected chi connectivity index (χ1v) is 7.62. The second-order valence-corrected chi connectivity index (χ2v) is 6.42. The predicted molar refractivity (Wildman–Crippen MR) is 71.3 cm³/mol. The summed E-state index contributed by atoms with van der Waals surface area (Å²) in [6, 6.07) is 2.51. The molecule has 2 unspecified atom stereocenters. The van der Waals surface area contributed by atoms with E-state index in [0.29, 0.717) is 12.0 Å². The number of hydrogen-bond acceptors (Lipinski definition) is 3. The number of rotatable bonds is 3. The molecule has 1 saturated heterocycles. The molecule has 2 heterocycles. The zero-order chi connectivity index (χ0) is 11.7. The van der Waals surface area contributed by atoms with Crippen LogP contribution in [0.3, 0.4) is 0 Å². The van der Waals surface area contributed by atoms with Crippen LogP contribution in [0.5, 0.6) is 0 Å². The molecule has 1 aromatic heterocycles. The monoisotopic (exact) mass is 251 g/mol. The van der Waals surface area contributed by atoms with Crippen molar-refractivity contribution in [1.82, 2.24) is 0 Å². The van der Waals surface area contributed by atoms with Gasteiger partial charge in [0.25, 0.3) is 0 Å². The Bertz CT molecular complexity index is 358. The zero-order valence-corrected chi connectivity index (χ0v) is 11.0. The maximum absolute atomic E-state index is 6.39. The fraction of sp³-hybridized carbons (Fsp3) is 0.714. The molecule has 3 heteroatoms. The second-order valence-electron chi connectivity index (χ2n) is 5.64. The van der Waals surface area contributed by atoms with Gasteiger partial charge >= 0.3 is 0 Å². The molecule has 0 bridgehead atoms. The zero-order valence-electron chi connectivity index (χ0n) is 10.2. The van der Waals surface area contributed by atoms with Gasteiger partial charge in [-0.1, -0.05) is 0 Å². The Balaban J connectivity index is 1.59. The van der Waals surface area contributed by atoms with Crippen LogP contribution in [-0.4, -0.2) is 18.2 Å². The minimum Gasteiger partial charge on any atom is -0.375 e. The largest absolute Gasteiger partial charge is 0.375 e. The topological polar surface area (TPSA) is 35.2 Å². The Labute approximate surface area is 107 Å². The first-order valence-electron chi connectivity index (χ1n) is 6.68. The lowest BCUT2D eigenvalue weighted by molar-refractivity contribution is -0.145. The van der Waals surface area contributed by atoms with Crippen molar-refractivity contribution in [1.29, 1.82) is 0 Å². The number of ether oxygens (including phenoxy) is 1. The van der Waals surface area contributed by atoms with E-state index in [9.17, 15) is 0 Å². The van der Waals surface area contributed by atoms with Gasteiger partial charge in [-0.05, 0) is 66.8 Å². The van der Waals surface area contributed by atoms with Crippen molar-refractivity contribution in [3.05, 3.63) is 22.4 Å². The maximum atomic E-state index is 6.39. The molecule has 0 aromatic carbocycles. The standard InChI is InChI=1S/C14H21NOS/c15-13(8-11-3-7-17-10-11)12-2-6-16-14(9-12)4-1-5-14/h3,7,10,12-13H,1-2,4-6,8-9,15H2. The predicted octanol–water partition coefficient (Wildman–Crippen LogP) is 2.97. The Morgan fingerprint density at radius 2 is 2.41 bits per heavy atom. The van der Waals surface area contributed by atoms with Crippen molar-refractivity contribution < 1.29 is 4.74 Å². The summed E-state index contributed by atoms with van der Waals surface area (Å²) in [5.74, 6) is 0.656. The molecule has 1 spiro atoms. The lowest BCUT2D eigenvalue weighted by Gasteiger charge is -2.48. The van der Waals surface area contributed by atoms with Crippen molar-refractivity contribution in [3.8, 4) is 0 Å². The summed E-state index contributed by atoms with van der Waals surface area (Å²) in [5, 5.41) is 4.36. The van der Waals surface area contributed by atoms with E-state index in [-0.39, 0.29) is 5.60 Å². The highest BCUT2D eigenvalue weighted by Crippen LogP contribution is 2.45. The van der Waals surface area contributed by atoms with Crippen molar-refractivity contribution in [2.45, 2.75) is 50.2 Å².